The number of rotatable bonds is 5. The van der Waals surface area contributed by atoms with Gasteiger partial charge in [0, 0.05) is 28.2 Å². The molecule has 20 heavy (non-hydrogen) atoms. The third-order valence-corrected chi connectivity index (χ3v) is 4.69. The Labute approximate surface area is 130 Å². The van der Waals surface area contributed by atoms with E-state index in [0.717, 1.165) is 10.1 Å². The van der Waals surface area contributed by atoms with Gasteiger partial charge in [-0.3, -0.25) is 4.79 Å². The summed E-state index contributed by atoms with van der Waals surface area (Å²) < 4.78 is 0.832. The van der Waals surface area contributed by atoms with Crippen molar-refractivity contribution in [3.8, 4) is 0 Å². The quantitative estimate of drug-likeness (QED) is 0.884. The van der Waals surface area contributed by atoms with Crippen LogP contribution in [0, 0.1) is 0 Å². The number of hydrogen-bond donors (Lipinski definition) is 2. The third kappa shape index (κ3) is 3.07. The highest BCUT2D eigenvalue weighted by Gasteiger charge is 2.22. The number of thiophene rings is 1. The van der Waals surface area contributed by atoms with Crippen LogP contribution < -0.4 is 0 Å². The molecule has 1 amide bonds. The van der Waals surface area contributed by atoms with Crippen LogP contribution in [0.15, 0.2) is 18.2 Å². The molecular weight excluding hydrogens is 321 g/mol. The first-order chi connectivity index (χ1) is 9.58. The molecule has 1 aromatic heterocycles. The van der Waals surface area contributed by atoms with Gasteiger partial charge in [-0.2, -0.15) is 0 Å². The lowest BCUT2D eigenvalue weighted by Crippen LogP contribution is -2.35. The molecule has 2 aromatic rings. The fraction of sp³-hybridized carbons (Fsp3) is 0.308. The average Bonchev–Trinajstić information content (AvgIpc) is 2.74. The summed E-state index contributed by atoms with van der Waals surface area (Å²) >= 11 is 13.4. The van der Waals surface area contributed by atoms with E-state index in [2.05, 4.69) is 0 Å². The SMILES string of the molecule is O=C(c1sc2cc(Cl)ccc2c1Cl)N(CCO)CCO. The lowest BCUT2D eigenvalue weighted by atomic mass is 10.2. The number of nitrogens with zero attached hydrogens (tertiary/aromatic N) is 1. The lowest BCUT2D eigenvalue weighted by Gasteiger charge is -2.19. The topological polar surface area (TPSA) is 60.8 Å². The number of halogens is 2. The number of carbonyl (C=O) groups is 1. The highest BCUT2D eigenvalue weighted by Crippen LogP contribution is 2.37. The Bertz CT molecular complexity index is 623. The van der Waals surface area contributed by atoms with Gasteiger partial charge in [0.15, 0.2) is 0 Å². The molecule has 4 nitrogen and oxygen atoms in total. The van der Waals surface area contributed by atoms with E-state index in [-0.39, 0.29) is 32.2 Å². The van der Waals surface area contributed by atoms with E-state index in [1.165, 1.54) is 16.2 Å². The summed E-state index contributed by atoms with van der Waals surface area (Å²) in [4.78, 5) is 14.2. The summed E-state index contributed by atoms with van der Waals surface area (Å²) in [5.74, 6) is -0.296. The average molecular weight is 334 g/mol. The van der Waals surface area contributed by atoms with Gasteiger partial charge in [-0.15, -0.1) is 11.3 Å². The Balaban J connectivity index is 2.40. The van der Waals surface area contributed by atoms with Crippen LogP contribution in [0.1, 0.15) is 9.67 Å². The van der Waals surface area contributed by atoms with Crippen LogP contribution in [0.3, 0.4) is 0 Å². The zero-order valence-corrected chi connectivity index (χ0v) is 12.8. The van der Waals surface area contributed by atoms with Gasteiger partial charge in [0.05, 0.1) is 18.2 Å². The van der Waals surface area contributed by atoms with Crippen LogP contribution in [-0.4, -0.2) is 47.3 Å². The first kappa shape index (κ1) is 15.5. The minimum atomic E-state index is -0.296. The highest BCUT2D eigenvalue weighted by atomic mass is 35.5. The summed E-state index contributed by atoms with van der Waals surface area (Å²) in [7, 11) is 0. The van der Waals surface area contributed by atoms with Crippen molar-refractivity contribution in [2.24, 2.45) is 0 Å². The van der Waals surface area contributed by atoms with E-state index < -0.39 is 0 Å². The van der Waals surface area contributed by atoms with Crippen molar-refractivity contribution in [2.75, 3.05) is 26.3 Å². The number of carbonyl (C=O) groups excluding carboxylic acids is 1. The van der Waals surface area contributed by atoms with E-state index in [9.17, 15) is 4.79 Å². The smallest absolute Gasteiger partial charge is 0.265 e. The van der Waals surface area contributed by atoms with Crippen LogP contribution in [0.25, 0.3) is 10.1 Å². The minimum Gasteiger partial charge on any atom is -0.395 e. The van der Waals surface area contributed by atoms with Gasteiger partial charge in [-0.1, -0.05) is 29.3 Å². The first-order valence-electron chi connectivity index (χ1n) is 5.97. The van der Waals surface area contributed by atoms with Crippen LogP contribution in [0.4, 0.5) is 0 Å². The number of amides is 1. The normalized spacial score (nSPS) is 11.0. The van der Waals surface area contributed by atoms with E-state index in [1.54, 1.807) is 18.2 Å². The predicted molar refractivity (Wildman–Crippen MR) is 81.9 cm³/mol. The van der Waals surface area contributed by atoms with Crippen molar-refractivity contribution < 1.29 is 15.0 Å². The number of hydrogen-bond acceptors (Lipinski definition) is 4. The van der Waals surface area contributed by atoms with Gasteiger partial charge in [-0.25, -0.2) is 0 Å². The van der Waals surface area contributed by atoms with Crippen molar-refractivity contribution in [1.82, 2.24) is 4.90 Å². The Hall–Kier alpha value is -0.850. The van der Waals surface area contributed by atoms with E-state index in [0.29, 0.717) is 14.9 Å². The largest absolute Gasteiger partial charge is 0.395 e. The van der Waals surface area contributed by atoms with Gasteiger partial charge >= 0.3 is 0 Å². The minimum absolute atomic E-state index is 0.157. The van der Waals surface area contributed by atoms with Gasteiger partial charge in [-0.05, 0) is 12.1 Å². The fourth-order valence-corrected chi connectivity index (χ4v) is 3.63. The van der Waals surface area contributed by atoms with Crippen molar-refractivity contribution >= 4 is 50.5 Å². The molecule has 1 aromatic carbocycles. The van der Waals surface area contributed by atoms with Gasteiger partial charge in [0.1, 0.15) is 4.88 Å². The van der Waals surface area contributed by atoms with Crippen LogP contribution in [-0.2, 0) is 0 Å². The number of aliphatic hydroxyl groups is 2. The zero-order chi connectivity index (χ0) is 14.7. The molecule has 0 aliphatic heterocycles. The number of aliphatic hydroxyl groups excluding tert-OH is 2. The molecule has 0 aliphatic carbocycles. The molecular formula is C13H13Cl2NO3S. The zero-order valence-electron chi connectivity index (χ0n) is 10.5. The van der Waals surface area contributed by atoms with Crippen LogP contribution >= 0.6 is 34.5 Å². The Morgan fingerprint density at radius 2 is 1.85 bits per heavy atom. The summed E-state index contributed by atoms with van der Waals surface area (Å²) in [6.45, 7) is -0.0182. The van der Waals surface area contributed by atoms with Gasteiger partial charge in [0.25, 0.3) is 5.91 Å². The molecule has 0 radical (unpaired) electrons. The molecule has 2 rings (SSSR count). The Morgan fingerprint density at radius 3 is 2.45 bits per heavy atom. The molecule has 0 bridgehead atoms. The fourth-order valence-electron chi connectivity index (χ4n) is 1.88. The molecule has 0 saturated carbocycles. The van der Waals surface area contributed by atoms with Crippen molar-refractivity contribution in [3.05, 3.63) is 33.1 Å². The summed E-state index contributed by atoms with van der Waals surface area (Å²) in [5.41, 5.74) is 0. The molecule has 108 valence electrons. The molecule has 0 saturated heterocycles. The molecule has 0 aliphatic rings. The predicted octanol–water partition coefficient (Wildman–Crippen LogP) is 2.63. The lowest BCUT2D eigenvalue weighted by molar-refractivity contribution is 0.0690. The highest BCUT2D eigenvalue weighted by molar-refractivity contribution is 7.21. The molecule has 0 unspecified atom stereocenters. The second-order valence-electron chi connectivity index (χ2n) is 4.13. The second kappa shape index (κ2) is 6.74. The van der Waals surface area contributed by atoms with Crippen molar-refractivity contribution in [2.45, 2.75) is 0 Å². The van der Waals surface area contributed by atoms with E-state index in [1.807, 2.05) is 0 Å². The maximum atomic E-state index is 12.4. The number of benzene rings is 1. The molecule has 2 N–H and O–H groups in total. The standard InChI is InChI=1S/C13H13Cl2NO3S/c14-8-1-2-9-10(7-8)20-12(11(9)15)13(19)16(3-5-17)4-6-18/h1-2,7,17-18H,3-6H2. The number of fused-ring (bicyclic) bond motifs is 1. The summed E-state index contributed by atoms with van der Waals surface area (Å²) in [6.07, 6.45) is 0. The van der Waals surface area contributed by atoms with E-state index >= 15 is 0 Å². The van der Waals surface area contributed by atoms with Crippen LogP contribution in [0.2, 0.25) is 10.0 Å². The van der Waals surface area contributed by atoms with Gasteiger partial charge < -0.3 is 15.1 Å². The van der Waals surface area contributed by atoms with Crippen LogP contribution in [0.5, 0.6) is 0 Å². The molecule has 1 heterocycles. The molecule has 0 fully saturated rings. The summed E-state index contributed by atoms with van der Waals surface area (Å²) in [6, 6.07) is 5.25. The van der Waals surface area contributed by atoms with Gasteiger partial charge in [0.2, 0.25) is 0 Å². The maximum absolute atomic E-state index is 12.4. The third-order valence-electron chi connectivity index (χ3n) is 2.81. The first-order valence-corrected chi connectivity index (χ1v) is 7.54. The summed E-state index contributed by atoms with van der Waals surface area (Å²) in [5, 5.41) is 19.7. The monoisotopic (exact) mass is 333 g/mol. The Morgan fingerprint density at radius 1 is 1.20 bits per heavy atom. The molecule has 7 heteroatoms. The Kier molecular flexibility index (Phi) is 5.23. The van der Waals surface area contributed by atoms with Crippen molar-refractivity contribution in [3.63, 3.8) is 0 Å². The molecule has 0 atom stereocenters. The molecule has 0 spiro atoms. The second-order valence-corrected chi connectivity index (χ2v) is 5.99. The van der Waals surface area contributed by atoms with E-state index in [4.69, 9.17) is 33.4 Å². The van der Waals surface area contributed by atoms with Crippen molar-refractivity contribution in [1.29, 1.82) is 0 Å². The maximum Gasteiger partial charge on any atom is 0.265 e.